The molecule has 5 heteroatoms. The highest BCUT2D eigenvalue weighted by atomic mass is 35.5. The third-order valence-electron chi connectivity index (χ3n) is 5.95. The standard InChI is InChI=1S/C17H19ClN4/c18-15-3-1-14(2-4-15)16-19-21-22(20-16)17-8-11-5-12(9-17)7-13(6-11)10-17/h1-4,11-13H,5-10H2. The summed E-state index contributed by atoms with van der Waals surface area (Å²) >= 11 is 5.95. The van der Waals surface area contributed by atoms with E-state index in [1.165, 1.54) is 38.5 Å². The molecule has 0 aliphatic heterocycles. The third-order valence-corrected chi connectivity index (χ3v) is 6.20. The topological polar surface area (TPSA) is 43.6 Å². The Hall–Kier alpha value is -1.42. The molecule has 4 saturated carbocycles. The van der Waals surface area contributed by atoms with Crippen LogP contribution in [-0.4, -0.2) is 20.2 Å². The lowest BCUT2D eigenvalue weighted by Crippen LogP contribution is -2.52. The molecule has 4 aliphatic rings. The van der Waals surface area contributed by atoms with Gasteiger partial charge in [-0.1, -0.05) is 11.6 Å². The summed E-state index contributed by atoms with van der Waals surface area (Å²) in [5.74, 6) is 3.37. The number of hydrogen-bond acceptors (Lipinski definition) is 3. The van der Waals surface area contributed by atoms with Gasteiger partial charge in [0.25, 0.3) is 0 Å². The van der Waals surface area contributed by atoms with Gasteiger partial charge < -0.3 is 0 Å². The Labute approximate surface area is 134 Å². The van der Waals surface area contributed by atoms with E-state index in [-0.39, 0.29) is 5.54 Å². The van der Waals surface area contributed by atoms with Crippen LogP contribution in [0.25, 0.3) is 11.4 Å². The van der Waals surface area contributed by atoms with Crippen molar-refractivity contribution in [2.24, 2.45) is 17.8 Å². The van der Waals surface area contributed by atoms with E-state index in [0.29, 0.717) is 5.82 Å². The smallest absolute Gasteiger partial charge is 0.158 e. The third kappa shape index (κ3) is 1.93. The molecule has 0 N–H and O–H groups in total. The van der Waals surface area contributed by atoms with E-state index < -0.39 is 0 Å². The molecule has 0 atom stereocenters. The molecule has 0 spiro atoms. The summed E-state index contributed by atoms with van der Waals surface area (Å²) < 4.78 is 0. The van der Waals surface area contributed by atoms with Gasteiger partial charge in [0.15, 0.2) is 0 Å². The van der Waals surface area contributed by atoms with Crippen molar-refractivity contribution >= 4 is 11.6 Å². The van der Waals surface area contributed by atoms with E-state index in [2.05, 4.69) is 10.3 Å². The van der Waals surface area contributed by atoms with Crippen molar-refractivity contribution in [1.82, 2.24) is 20.2 Å². The molecule has 114 valence electrons. The van der Waals surface area contributed by atoms with Crippen LogP contribution in [0.3, 0.4) is 0 Å². The van der Waals surface area contributed by atoms with Crippen LogP contribution in [0.2, 0.25) is 5.02 Å². The Bertz CT molecular complexity index is 670. The number of nitrogens with zero attached hydrogens (tertiary/aromatic N) is 4. The molecule has 1 aromatic heterocycles. The van der Waals surface area contributed by atoms with Crippen molar-refractivity contribution in [3.8, 4) is 11.4 Å². The van der Waals surface area contributed by atoms with Gasteiger partial charge in [0, 0.05) is 10.6 Å². The van der Waals surface area contributed by atoms with Crippen molar-refractivity contribution in [1.29, 1.82) is 0 Å². The summed E-state index contributed by atoms with van der Waals surface area (Å²) in [6.45, 7) is 0. The van der Waals surface area contributed by atoms with Crippen molar-refractivity contribution in [3.05, 3.63) is 29.3 Å². The minimum atomic E-state index is 0.145. The summed E-state index contributed by atoms with van der Waals surface area (Å²) in [6.07, 6.45) is 8.02. The molecule has 6 rings (SSSR count). The Kier molecular flexibility index (Phi) is 2.70. The van der Waals surface area contributed by atoms with Crippen molar-refractivity contribution in [2.45, 2.75) is 44.1 Å². The van der Waals surface area contributed by atoms with Gasteiger partial charge in [-0.2, -0.15) is 4.80 Å². The molecular weight excluding hydrogens is 296 g/mol. The van der Waals surface area contributed by atoms with Crippen LogP contribution in [0.5, 0.6) is 0 Å². The average molecular weight is 315 g/mol. The zero-order valence-corrected chi connectivity index (χ0v) is 13.2. The first-order chi connectivity index (χ1) is 10.7. The Morgan fingerprint density at radius 2 is 1.55 bits per heavy atom. The number of tetrazole rings is 1. The minimum absolute atomic E-state index is 0.145. The summed E-state index contributed by atoms with van der Waals surface area (Å²) in [5.41, 5.74) is 1.13. The molecule has 0 saturated heterocycles. The van der Waals surface area contributed by atoms with Crippen molar-refractivity contribution < 1.29 is 0 Å². The van der Waals surface area contributed by atoms with Gasteiger partial charge >= 0.3 is 0 Å². The summed E-state index contributed by atoms with van der Waals surface area (Å²) in [6, 6.07) is 7.68. The normalized spacial score (nSPS) is 36.0. The number of halogens is 1. The summed E-state index contributed by atoms with van der Waals surface area (Å²) in [5, 5.41) is 14.2. The second kappa shape index (κ2) is 4.54. The monoisotopic (exact) mass is 314 g/mol. The van der Waals surface area contributed by atoms with E-state index in [1.54, 1.807) is 0 Å². The molecular formula is C17H19ClN4. The number of benzene rings is 1. The van der Waals surface area contributed by atoms with E-state index in [9.17, 15) is 0 Å². The first kappa shape index (κ1) is 13.1. The lowest BCUT2D eigenvalue weighted by Gasteiger charge is -2.55. The van der Waals surface area contributed by atoms with Crippen molar-refractivity contribution in [3.63, 3.8) is 0 Å². The highest BCUT2D eigenvalue weighted by molar-refractivity contribution is 6.30. The van der Waals surface area contributed by atoms with Crippen LogP contribution in [0.4, 0.5) is 0 Å². The maximum atomic E-state index is 5.95. The molecule has 4 fully saturated rings. The van der Waals surface area contributed by atoms with E-state index in [1.807, 2.05) is 29.1 Å². The fourth-order valence-corrected chi connectivity index (χ4v) is 5.57. The first-order valence-corrected chi connectivity index (χ1v) is 8.64. The average Bonchev–Trinajstić information content (AvgIpc) is 2.97. The maximum Gasteiger partial charge on any atom is 0.204 e. The summed E-state index contributed by atoms with van der Waals surface area (Å²) in [7, 11) is 0. The van der Waals surface area contributed by atoms with Crippen LogP contribution in [0, 0.1) is 17.8 Å². The van der Waals surface area contributed by atoms with Gasteiger partial charge in [-0.15, -0.1) is 10.2 Å². The van der Waals surface area contributed by atoms with Crippen LogP contribution in [-0.2, 0) is 5.54 Å². The van der Waals surface area contributed by atoms with Crippen LogP contribution in [0.15, 0.2) is 24.3 Å². The molecule has 4 nitrogen and oxygen atoms in total. The second-order valence-corrected chi connectivity index (χ2v) is 7.99. The molecule has 1 heterocycles. The van der Waals surface area contributed by atoms with Gasteiger partial charge in [0.2, 0.25) is 5.82 Å². The SMILES string of the molecule is Clc1ccc(-c2nnn(C34CC5CC(CC(C5)C3)C4)n2)cc1. The molecule has 4 aliphatic carbocycles. The second-order valence-electron chi connectivity index (χ2n) is 7.55. The maximum absolute atomic E-state index is 5.95. The number of rotatable bonds is 2. The first-order valence-electron chi connectivity index (χ1n) is 8.27. The van der Waals surface area contributed by atoms with E-state index >= 15 is 0 Å². The van der Waals surface area contributed by atoms with Crippen LogP contribution >= 0.6 is 11.6 Å². The highest BCUT2D eigenvalue weighted by Gasteiger charge is 2.53. The number of aromatic nitrogens is 4. The molecule has 2 aromatic rings. The molecule has 0 amide bonds. The fraction of sp³-hybridized carbons (Fsp3) is 0.588. The lowest BCUT2D eigenvalue weighted by atomic mass is 9.53. The number of hydrogen-bond donors (Lipinski definition) is 0. The predicted molar refractivity (Wildman–Crippen MR) is 84.4 cm³/mol. The quantitative estimate of drug-likeness (QED) is 0.844. The Morgan fingerprint density at radius 1 is 0.955 bits per heavy atom. The van der Waals surface area contributed by atoms with Crippen molar-refractivity contribution in [2.75, 3.05) is 0 Å². The van der Waals surface area contributed by atoms with Gasteiger partial charge in [-0.05, 0) is 85.8 Å². The summed E-state index contributed by atoms with van der Waals surface area (Å²) in [4.78, 5) is 1.96. The highest BCUT2D eigenvalue weighted by Crippen LogP contribution is 2.58. The van der Waals surface area contributed by atoms with Gasteiger partial charge in [-0.3, -0.25) is 0 Å². The minimum Gasteiger partial charge on any atom is -0.158 e. The molecule has 0 unspecified atom stereocenters. The largest absolute Gasteiger partial charge is 0.204 e. The molecule has 4 bridgehead atoms. The van der Waals surface area contributed by atoms with Gasteiger partial charge in [0.05, 0.1) is 5.54 Å². The van der Waals surface area contributed by atoms with E-state index in [4.69, 9.17) is 16.7 Å². The predicted octanol–water partition coefficient (Wildman–Crippen LogP) is 3.92. The Morgan fingerprint density at radius 3 is 2.14 bits per heavy atom. The fourth-order valence-electron chi connectivity index (χ4n) is 5.44. The molecule has 1 aromatic carbocycles. The Balaban J connectivity index is 1.50. The van der Waals surface area contributed by atoms with Crippen LogP contribution < -0.4 is 0 Å². The zero-order valence-electron chi connectivity index (χ0n) is 12.5. The van der Waals surface area contributed by atoms with Crippen LogP contribution in [0.1, 0.15) is 38.5 Å². The van der Waals surface area contributed by atoms with E-state index in [0.717, 1.165) is 28.3 Å². The lowest BCUT2D eigenvalue weighted by molar-refractivity contribution is -0.0573. The van der Waals surface area contributed by atoms with Gasteiger partial charge in [-0.25, -0.2) is 0 Å². The molecule has 22 heavy (non-hydrogen) atoms. The van der Waals surface area contributed by atoms with Gasteiger partial charge in [0.1, 0.15) is 0 Å². The zero-order chi connectivity index (χ0) is 14.7. The molecule has 0 radical (unpaired) electrons.